The Labute approximate surface area is 191 Å². The number of nitrogens with two attached hydrogens (primary N) is 2. The second-order valence-electron chi connectivity index (χ2n) is 8.74. The Bertz CT molecular complexity index is 733. The summed E-state index contributed by atoms with van der Waals surface area (Å²) in [7, 11) is 0. The molecule has 0 aromatic carbocycles. The molecule has 11 nitrogen and oxygen atoms in total. The smallest absolute Gasteiger partial charge is 0.305 e. The van der Waals surface area contributed by atoms with E-state index in [0.717, 1.165) is 12.8 Å². The number of fused-ring (bicyclic) bond motifs is 1. The van der Waals surface area contributed by atoms with E-state index in [1.54, 1.807) is 0 Å². The summed E-state index contributed by atoms with van der Waals surface area (Å²) >= 11 is 6.51. The van der Waals surface area contributed by atoms with E-state index in [1.165, 1.54) is 0 Å². The lowest BCUT2D eigenvalue weighted by Gasteiger charge is -2.38. The van der Waals surface area contributed by atoms with E-state index in [0.29, 0.717) is 25.7 Å². The highest BCUT2D eigenvalue weighted by atomic mass is 35.5. The van der Waals surface area contributed by atoms with Crippen LogP contribution in [0.4, 0.5) is 0 Å². The number of carbonyl (C=O) groups excluding carboxylic acids is 2. The first-order chi connectivity index (χ1) is 15.2. The van der Waals surface area contributed by atoms with Gasteiger partial charge in [0, 0.05) is 17.3 Å². The lowest BCUT2D eigenvalue weighted by molar-refractivity contribution is -0.138. The number of aliphatic carboxylic acids is 1. The fourth-order valence-corrected chi connectivity index (χ4v) is 5.35. The van der Waals surface area contributed by atoms with Crippen molar-refractivity contribution in [3.63, 3.8) is 0 Å². The van der Waals surface area contributed by atoms with Gasteiger partial charge >= 0.3 is 5.97 Å². The number of amides is 2. The quantitative estimate of drug-likeness (QED) is 0.180. The van der Waals surface area contributed by atoms with Gasteiger partial charge in [-0.1, -0.05) is 6.42 Å². The standard InChI is InChI=1S/C20H32ClN5O6/c21-13-6-16-15(31-9-32-16)5-12(13)14(7-18(28)29)26-17(27)8-24-19(30)10-2-1-3-11(4-10)25-20(22)23/h10-16H,1-9H2,(H,24,30)(H,26,27)(H,28,29)(H4,22,23,25). The normalized spacial score (nSPS) is 32.9. The van der Waals surface area contributed by atoms with Gasteiger partial charge in [-0.25, -0.2) is 0 Å². The van der Waals surface area contributed by atoms with Crippen LogP contribution in [0.25, 0.3) is 0 Å². The summed E-state index contributed by atoms with van der Waals surface area (Å²) in [5, 5.41) is 14.4. The molecule has 7 atom stereocenters. The Hall–Kier alpha value is -2.11. The second kappa shape index (κ2) is 11.2. The highest BCUT2D eigenvalue weighted by Crippen LogP contribution is 2.37. The molecule has 2 amide bonds. The molecule has 0 radical (unpaired) electrons. The molecular weight excluding hydrogens is 442 g/mol. The van der Waals surface area contributed by atoms with Crippen molar-refractivity contribution in [2.45, 2.75) is 74.6 Å². The van der Waals surface area contributed by atoms with Crippen molar-refractivity contribution in [1.29, 1.82) is 0 Å². The van der Waals surface area contributed by atoms with E-state index in [-0.39, 0.29) is 67.1 Å². The Morgan fingerprint density at radius 2 is 1.84 bits per heavy atom. The summed E-state index contributed by atoms with van der Waals surface area (Å²) in [6.45, 7) is -0.0530. The molecule has 0 aromatic rings. The van der Waals surface area contributed by atoms with Crippen LogP contribution in [-0.2, 0) is 23.9 Å². The lowest BCUT2D eigenvalue weighted by Crippen LogP contribution is -2.52. The van der Waals surface area contributed by atoms with Crippen molar-refractivity contribution < 1.29 is 29.0 Å². The highest BCUT2D eigenvalue weighted by Gasteiger charge is 2.44. The number of ether oxygens (including phenoxy) is 2. The Morgan fingerprint density at radius 3 is 2.53 bits per heavy atom. The number of nitrogens with zero attached hydrogens (tertiary/aromatic N) is 1. The zero-order valence-corrected chi connectivity index (χ0v) is 18.6. The molecule has 0 aromatic heterocycles. The van der Waals surface area contributed by atoms with Crippen LogP contribution in [0.5, 0.6) is 0 Å². The largest absolute Gasteiger partial charge is 0.481 e. The Kier molecular flexibility index (Phi) is 8.55. The maximum Gasteiger partial charge on any atom is 0.305 e. The summed E-state index contributed by atoms with van der Waals surface area (Å²) in [4.78, 5) is 40.6. The fraction of sp³-hybridized carbons (Fsp3) is 0.800. The number of rotatable bonds is 8. The molecule has 2 saturated carbocycles. The third-order valence-electron chi connectivity index (χ3n) is 6.44. The van der Waals surface area contributed by atoms with Gasteiger partial charge in [-0.05, 0) is 38.0 Å². The second-order valence-corrected chi connectivity index (χ2v) is 9.30. The molecule has 2 aliphatic carbocycles. The Balaban J connectivity index is 1.52. The highest BCUT2D eigenvalue weighted by molar-refractivity contribution is 6.21. The van der Waals surface area contributed by atoms with Crippen LogP contribution < -0.4 is 22.1 Å². The van der Waals surface area contributed by atoms with Crippen LogP contribution in [0.15, 0.2) is 4.99 Å². The van der Waals surface area contributed by atoms with Crippen LogP contribution in [-0.4, -0.2) is 71.9 Å². The van der Waals surface area contributed by atoms with E-state index < -0.39 is 17.9 Å². The van der Waals surface area contributed by atoms with Gasteiger partial charge in [0.15, 0.2) is 5.96 Å². The van der Waals surface area contributed by atoms with Gasteiger partial charge < -0.3 is 36.7 Å². The number of hydrogen-bond acceptors (Lipinski definition) is 6. The van der Waals surface area contributed by atoms with E-state index in [1.807, 2.05) is 0 Å². The maximum atomic E-state index is 12.5. The van der Waals surface area contributed by atoms with Crippen molar-refractivity contribution in [2.24, 2.45) is 28.3 Å². The number of alkyl halides is 1. The molecule has 3 rings (SSSR count). The van der Waals surface area contributed by atoms with Gasteiger partial charge in [0.05, 0.1) is 31.2 Å². The first-order valence-electron chi connectivity index (χ1n) is 11.0. The van der Waals surface area contributed by atoms with Gasteiger partial charge in [0.1, 0.15) is 6.79 Å². The molecule has 3 aliphatic rings. The van der Waals surface area contributed by atoms with Crippen LogP contribution in [0.1, 0.15) is 44.9 Å². The van der Waals surface area contributed by atoms with E-state index >= 15 is 0 Å². The number of aliphatic imine (C=N–C) groups is 1. The third kappa shape index (κ3) is 6.69. The molecule has 0 spiro atoms. The predicted molar refractivity (Wildman–Crippen MR) is 116 cm³/mol. The summed E-state index contributed by atoms with van der Waals surface area (Å²) in [6.07, 6.45) is 3.35. The summed E-state index contributed by atoms with van der Waals surface area (Å²) < 4.78 is 11.0. The fourth-order valence-electron chi connectivity index (χ4n) is 4.89. The molecule has 0 bridgehead atoms. The minimum Gasteiger partial charge on any atom is -0.481 e. The number of carboxylic acids is 1. The number of nitrogens with one attached hydrogen (secondary N) is 2. The topological polar surface area (TPSA) is 178 Å². The van der Waals surface area contributed by atoms with Crippen LogP contribution >= 0.6 is 11.6 Å². The minimum absolute atomic E-state index is 0.00102. The molecule has 1 aliphatic heterocycles. The first-order valence-corrected chi connectivity index (χ1v) is 11.4. The number of hydrogen-bond donors (Lipinski definition) is 5. The number of carbonyl (C=O) groups is 3. The first kappa shape index (κ1) is 24.5. The lowest BCUT2D eigenvalue weighted by atomic mass is 9.79. The van der Waals surface area contributed by atoms with Crippen molar-refractivity contribution in [3.8, 4) is 0 Å². The average Bonchev–Trinajstić information content (AvgIpc) is 3.17. The molecule has 1 saturated heterocycles. The van der Waals surface area contributed by atoms with Gasteiger partial charge in [-0.3, -0.25) is 19.4 Å². The van der Waals surface area contributed by atoms with E-state index in [4.69, 9.17) is 32.5 Å². The molecule has 7 N–H and O–H groups in total. The molecule has 7 unspecified atom stereocenters. The molecule has 3 fully saturated rings. The van der Waals surface area contributed by atoms with Gasteiger partial charge in [-0.2, -0.15) is 0 Å². The zero-order chi connectivity index (χ0) is 23.3. The molecule has 12 heteroatoms. The van der Waals surface area contributed by atoms with Gasteiger partial charge in [0.2, 0.25) is 11.8 Å². The average molecular weight is 474 g/mol. The van der Waals surface area contributed by atoms with Crippen molar-refractivity contribution >= 4 is 35.3 Å². The minimum atomic E-state index is -1.04. The van der Waals surface area contributed by atoms with Crippen molar-refractivity contribution in [2.75, 3.05) is 13.3 Å². The predicted octanol–water partition coefficient (Wildman–Crippen LogP) is -0.347. The number of carboxylic acid groups (broad SMARTS) is 1. The van der Waals surface area contributed by atoms with Crippen LogP contribution in [0.3, 0.4) is 0 Å². The monoisotopic (exact) mass is 473 g/mol. The zero-order valence-electron chi connectivity index (χ0n) is 17.9. The van der Waals surface area contributed by atoms with Gasteiger partial charge in [0.25, 0.3) is 0 Å². The molecule has 32 heavy (non-hydrogen) atoms. The van der Waals surface area contributed by atoms with Gasteiger partial charge in [-0.15, -0.1) is 11.6 Å². The van der Waals surface area contributed by atoms with E-state index in [9.17, 15) is 19.5 Å². The molecule has 1 heterocycles. The number of guanidine groups is 1. The Morgan fingerprint density at radius 1 is 1.12 bits per heavy atom. The van der Waals surface area contributed by atoms with Crippen LogP contribution in [0.2, 0.25) is 0 Å². The summed E-state index contributed by atoms with van der Waals surface area (Å²) in [5.74, 6) is -2.30. The van der Waals surface area contributed by atoms with Crippen molar-refractivity contribution in [1.82, 2.24) is 10.6 Å². The van der Waals surface area contributed by atoms with Crippen molar-refractivity contribution in [3.05, 3.63) is 0 Å². The third-order valence-corrected chi connectivity index (χ3v) is 6.94. The number of halogens is 1. The maximum absolute atomic E-state index is 12.5. The van der Waals surface area contributed by atoms with Crippen LogP contribution in [0, 0.1) is 11.8 Å². The summed E-state index contributed by atoms with van der Waals surface area (Å²) in [6, 6.07) is -0.777. The molecular formula is C20H32ClN5O6. The van der Waals surface area contributed by atoms with E-state index in [2.05, 4.69) is 15.6 Å². The summed E-state index contributed by atoms with van der Waals surface area (Å²) in [5.41, 5.74) is 10.9. The molecule has 180 valence electrons. The SMILES string of the molecule is NC(N)=NC1CCCC(C(=O)NCC(=O)NC(CC(=O)O)C2CC3OCOC3CC2Cl)C1.